The van der Waals surface area contributed by atoms with E-state index in [1.54, 1.807) is 43.5 Å². The molecule has 0 saturated carbocycles. The van der Waals surface area contributed by atoms with Gasteiger partial charge < -0.3 is 9.84 Å². The van der Waals surface area contributed by atoms with Gasteiger partial charge in [0.1, 0.15) is 5.75 Å². The van der Waals surface area contributed by atoms with E-state index < -0.39 is 5.97 Å². The lowest BCUT2D eigenvalue weighted by Crippen LogP contribution is -1.96. The Morgan fingerprint density at radius 3 is 2.92 bits per heavy atom. The summed E-state index contributed by atoms with van der Waals surface area (Å²) >= 11 is 7.45. The largest absolute Gasteiger partial charge is 0.496 e. The van der Waals surface area contributed by atoms with E-state index >= 15 is 0 Å². The molecule has 0 fully saturated rings. The Balaban J connectivity index is 1.75. The predicted molar refractivity (Wildman–Crippen MR) is 96.3 cm³/mol. The van der Waals surface area contributed by atoms with Crippen molar-refractivity contribution in [3.63, 3.8) is 0 Å². The summed E-state index contributed by atoms with van der Waals surface area (Å²) in [5.41, 5.74) is 1.87. The molecule has 0 saturated heterocycles. The highest BCUT2D eigenvalue weighted by molar-refractivity contribution is 7.98. The van der Waals surface area contributed by atoms with E-state index in [9.17, 15) is 4.79 Å². The summed E-state index contributed by atoms with van der Waals surface area (Å²) in [5, 5.41) is 17.2. The van der Waals surface area contributed by atoms with Crippen LogP contribution in [0, 0.1) is 0 Å². The van der Waals surface area contributed by atoms with Crippen molar-refractivity contribution in [3.8, 4) is 17.1 Å². The van der Waals surface area contributed by atoms with Crippen LogP contribution in [0.2, 0.25) is 5.02 Å². The fourth-order valence-corrected chi connectivity index (χ4v) is 3.15. The highest BCUT2D eigenvalue weighted by Crippen LogP contribution is 2.31. The third-order valence-corrected chi connectivity index (χ3v) is 4.58. The van der Waals surface area contributed by atoms with Crippen molar-refractivity contribution in [2.75, 3.05) is 7.11 Å². The number of carboxylic acids is 1. The normalized spacial score (nSPS) is 10.6. The average molecular weight is 376 g/mol. The summed E-state index contributed by atoms with van der Waals surface area (Å²) < 4.78 is 5.32. The summed E-state index contributed by atoms with van der Waals surface area (Å²) in [5.74, 6) is 0.818. The average Bonchev–Trinajstić information content (AvgIpc) is 3.09. The molecule has 25 heavy (non-hydrogen) atoms. The lowest BCUT2D eigenvalue weighted by atomic mass is 10.1. The molecule has 2 N–H and O–H groups in total. The third kappa shape index (κ3) is 4.12. The van der Waals surface area contributed by atoms with Gasteiger partial charge in [-0.1, -0.05) is 35.5 Å². The maximum absolute atomic E-state index is 11.0. The van der Waals surface area contributed by atoms with Gasteiger partial charge in [0.15, 0.2) is 5.82 Å². The number of rotatable bonds is 6. The molecule has 0 atom stereocenters. The molecule has 3 rings (SSSR count). The Hall–Kier alpha value is -2.51. The minimum absolute atomic E-state index is 0.262. The van der Waals surface area contributed by atoms with Crippen LogP contribution in [0.4, 0.5) is 0 Å². The molecule has 0 aliphatic rings. The smallest absolute Gasteiger partial charge is 0.335 e. The van der Waals surface area contributed by atoms with Crippen LogP contribution in [0.3, 0.4) is 0 Å². The molecule has 0 amide bonds. The second-order valence-corrected chi connectivity index (χ2v) is 6.48. The molecule has 0 spiro atoms. The highest BCUT2D eigenvalue weighted by atomic mass is 35.5. The van der Waals surface area contributed by atoms with Gasteiger partial charge in [-0.25, -0.2) is 9.78 Å². The zero-order chi connectivity index (χ0) is 17.8. The van der Waals surface area contributed by atoms with Gasteiger partial charge in [0.2, 0.25) is 5.16 Å². The Labute approximate surface area is 153 Å². The first-order valence-electron chi connectivity index (χ1n) is 7.28. The van der Waals surface area contributed by atoms with Gasteiger partial charge in [-0.3, -0.25) is 5.10 Å². The maximum Gasteiger partial charge on any atom is 0.335 e. The number of thioether (sulfide) groups is 1. The Kier molecular flexibility index (Phi) is 5.25. The molecule has 3 aromatic rings. The van der Waals surface area contributed by atoms with E-state index in [0.717, 1.165) is 11.1 Å². The van der Waals surface area contributed by atoms with Gasteiger partial charge >= 0.3 is 5.97 Å². The first-order chi connectivity index (χ1) is 12.1. The second-order valence-electron chi connectivity index (χ2n) is 5.11. The lowest BCUT2D eigenvalue weighted by Gasteiger charge is -2.05. The maximum atomic E-state index is 11.0. The van der Waals surface area contributed by atoms with Gasteiger partial charge in [0.05, 0.1) is 18.2 Å². The molecule has 0 aliphatic carbocycles. The molecular formula is C17H14ClN3O3S. The fraction of sp³-hybridized carbons (Fsp3) is 0.118. The zero-order valence-corrected chi connectivity index (χ0v) is 14.8. The molecule has 0 bridgehead atoms. The number of aromatic amines is 1. The number of H-pyrrole nitrogens is 1. The van der Waals surface area contributed by atoms with Crippen molar-refractivity contribution in [1.29, 1.82) is 0 Å². The van der Waals surface area contributed by atoms with Crippen LogP contribution in [-0.2, 0) is 5.75 Å². The van der Waals surface area contributed by atoms with Gasteiger partial charge in [0, 0.05) is 10.8 Å². The van der Waals surface area contributed by atoms with Gasteiger partial charge in [-0.05, 0) is 35.9 Å². The minimum Gasteiger partial charge on any atom is -0.496 e. The number of benzene rings is 2. The molecule has 0 aliphatic heterocycles. The summed E-state index contributed by atoms with van der Waals surface area (Å²) in [6, 6.07) is 12.1. The predicted octanol–water partition coefficient (Wildman–Crippen LogP) is 4.12. The van der Waals surface area contributed by atoms with Crippen molar-refractivity contribution in [2.45, 2.75) is 10.9 Å². The van der Waals surface area contributed by atoms with Crippen molar-refractivity contribution in [3.05, 3.63) is 58.6 Å². The van der Waals surface area contributed by atoms with Crippen LogP contribution in [0.5, 0.6) is 5.75 Å². The summed E-state index contributed by atoms with van der Waals surface area (Å²) in [6.45, 7) is 0. The molecule has 8 heteroatoms. The molecule has 1 heterocycles. The van der Waals surface area contributed by atoms with Crippen LogP contribution < -0.4 is 4.74 Å². The SMILES string of the molecule is COc1ccc(Cl)cc1-c1nc(SCc2cccc(C(=O)O)c2)n[nH]1. The van der Waals surface area contributed by atoms with Gasteiger partial charge in [-0.15, -0.1) is 5.10 Å². The van der Waals surface area contributed by atoms with E-state index in [1.165, 1.54) is 11.8 Å². The second kappa shape index (κ2) is 7.58. The monoisotopic (exact) mass is 375 g/mol. The van der Waals surface area contributed by atoms with Crippen LogP contribution in [-0.4, -0.2) is 33.4 Å². The number of ether oxygens (including phenoxy) is 1. The van der Waals surface area contributed by atoms with Crippen LogP contribution in [0.15, 0.2) is 47.6 Å². The van der Waals surface area contributed by atoms with Crippen molar-refractivity contribution < 1.29 is 14.6 Å². The first-order valence-corrected chi connectivity index (χ1v) is 8.64. The summed E-state index contributed by atoms with van der Waals surface area (Å²) in [4.78, 5) is 15.5. The molecule has 1 aromatic heterocycles. The Morgan fingerprint density at radius 1 is 1.32 bits per heavy atom. The molecule has 6 nitrogen and oxygen atoms in total. The summed E-state index contributed by atoms with van der Waals surface area (Å²) in [7, 11) is 1.58. The lowest BCUT2D eigenvalue weighted by molar-refractivity contribution is 0.0697. The molecule has 0 unspecified atom stereocenters. The van der Waals surface area contributed by atoms with E-state index in [2.05, 4.69) is 15.2 Å². The molecular weight excluding hydrogens is 362 g/mol. The number of carboxylic acid groups (broad SMARTS) is 1. The van der Waals surface area contributed by atoms with Crippen molar-refractivity contribution in [2.24, 2.45) is 0 Å². The topological polar surface area (TPSA) is 88.1 Å². The van der Waals surface area contributed by atoms with Crippen molar-refractivity contribution in [1.82, 2.24) is 15.2 Å². The standard InChI is InChI=1S/C17H14ClN3O3S/c1-24-14-6-5-12(18)8-13(14)15-19-17(21-20-15)25-9-10-3-2-4-11(7-10)16(22)23/h2-8H,9H2,1H3,(H,22,23)(H,19,20,21). The van der Waals surface area contributed by atoms with Gasteiger partial charge in [0.25, 0.3) is 0 Å². The molecule has 2 aromatic carbocycles. The number of methoxy groups -OCH3 is 1. The number of carbonyl (C=O) groups is 1. The minimum atomic E-state index is -0.944. The number of halogens is 1. The van der Waals surface area contributed by atoms with E-state index in [4.69, 9.17) is 21.4 Å². The Morgan fingerprint density at radius 2 is 2.16 bits per heavy atom. The number of aromatic nitrogens is 3. The van der Waals surface area contributed by atoms with E-state index in [-0.39, 0.29) is 5.56 Å². The number of hydrogen-bond donors (Lipinski definition) is 2. The third-order valence-electron chi connectivity index (χ3n) is 3.42. The van der Waals surface area contributed by atoms with E-state index in [1.807, 2.05) is 6.07 Å². The van der Waals surface area contributed by atoms with Crippen LogP contribution in [0.1, 0.15) is 15.9 Å². The first kappa shape index (κ1) is 17.3. The summed E-state index contributed by atoms with van der Waals surface area (Å²) in [6.07, 6.45) is 0. The van der Waals surface area contributed by atoms with Crippen LogP contribution in [0.25, 0.3) is 11.4 Å². The fourth-order valence-electron chi connectivity index (χ4n) is 2.24. The zero-order valence-electron chi connectivity index (χ0n) is 13.2. The van der Waals surface area contributed by atoms with E-state index in [0.29, 0.717) is 27.5 Å². The molecule has 128 valence electrons. The molecule has 0 radical (unpaired) electrons. The quantitative estimate of drug-likeness (QED) is 0.630. The number of hydrogen-bond acceptors (Lipinski definition) is 5. The van der Waals surface area contributed by atoms with Crippen LogP contribution >= 0.6 is 23.4 Å². The van der Waals surface area contributed by atoms with Gasteiger partial charge in [-0.2, -0.15) is 0 Å². The number of aromatic carboxylic acids is 1. The number of nitrogens with one attached hydrogen (secondary N) is 1. The highest BCUT2D eigenvalue weighted by Gasteiger charge is 2.12. The van der Waals surface area contributed by atoms with Crippen molar-refractivity contribution >= 4 is 29.3 Å². The Bertz CT molecular complexity index is 914. The number of nitrogens with zero attached hydrogens (tertiary/aromatic N) is 2.